The Morgan fingerprint density at radius 2 is 2.29 bits per heavy atom. The first kappa shape index (κ1) is 11.2. The first-order chi connectivity index (χ1) is 6.69. The van der Waals surface area contributed by atoms with Gasteiger partial charge in [0.15, 0.2) is 6.10 Å². The largest absolute Gasteiger partial charge is 0.359 e. The second kappa shape index (κ2) is 5.14. The van der Waals surface area contributed by atoms with Gasteiger partial charge in [-0.2, -0.15) is 5.26 Å². The van der Waals surface area contributed by atoms with Crippen LogP contribution in [0.25, 0.3) is 0 Å². The van der Waals surface area contributed by atoms with E-state index in [1.54, 1.807) is 0 Å². The second-order valence-electron chi connectivity index (χ2n) is 2.97. The summed E-state index contributed by atoms with van der Waals surface area (Å²) in [6.07, 6.45) is -0.461. The van der Waals surface area contributed by atoms with Crippen LogP contribution >= 0.6 is 15.9 Å². The Kier molecular flexibility index (Phi) is 4.12. The minimum Gasteiger partial charge on any atom is -0.359 e. The highest BCUT2D eigenvalue weighted by Crippen LogP contribution is 2.23. The molecular weight excluding hydrogens is 242 g/mol. The van der Waals surface area contributed by atoms with Crippen LogP contribution in [-0.2, 0) is 4.74 Å². The summed E-state index contributed by atoms with van der Waals surface area (Å²) in [4.78, 5) is 0. The Morgan fingerprint density at radius 3 is 2.79 bits per heavy atom. The van der Waals surface area contributed by atoms with Gasteiger partial charge in [-0.05, 0) is 31.0 Å². The number of hydrogen-bond acceptors (Lipinski definition) is 2. The predicted octanol–water partition coefficient (Wildman–Crippen LogP) is 3.36. The third-order valence-electron chi connectivity index (χ3n) is 1.95. The number of nitrogens with zero attached hydrogens (tertiary/aromatic N) is 1. The standard InChI is InChI=1S/C11H12BrNO/c1-3-14-11(7-13)9-5-4-8(2)10(12)6-9/h4-6,11H,3H2,1-2H3. The molecule has 1 atom stereocenters. The van der Waals surface area contributed by atoms with Crippen molar-refractivity contribution in [1.29, 1.82) is 5.26 Å². The molecule has 1 unspecified atom stereocenters. The summed E-state index contributed by atoms with van der Waals surface area (Å²) < 4.78 is 6.30. The second-order valence-corrected chi connectivity index (χ2v) is 3.83. The molecule has 1 rings (SSSR count). The van der Waals surface area contributed by atoms with Gasteiger partial charge in [-0.3, -0.25) is 0 Å². The quantitative estimate of drug-likeness (QED) is 0.828. The summed E-state index contributed by atoms with van der Waals surface area (Å²) in [6, 6.07) is 7.95. The van der Waals surface area contributed by atoms with Crippen molar-refractivity contribution in [3.63, 3.8) is 0 Å². The number of ether oxygens (including phenoxy) is 1. The number of rotatable bonds is 3. The molecule has 14 heavy (non-hydrogen) atoms. The van der Waals surface area contributed by atoms with Crippen LogP contribution < -0.4 is 0 Å². The minimum absolute atomic E-state index is 0.461. The minimum atomic E-state index is -0.461. The summed E-state index contributed by atoms with van der Waals surface area (Å²) in [5, 5.41) is 8.88. The summed E-state index contributed by atoms with van der Waals surface area (Å²) in [7, 11) is 0. The number of benzene rings is 1. The van der Waals surface area contributed by atoms with Gasteiger partial charge < -0.3 is 4.74 Å². The first-order valence-electron chi connectivity index (χ1n) is 4.46. The lowest BCUT2D eigenvalue weighted by Crippen LogP contribution is -2.01. The van der Waals surface area contributed by atoms with Crippen LogP contribution in [0.15, 0.2) is 22.7 Å². The molecule has 0 aliphatic carbocycles. The van der Waals surface area contributed by atoms with Gasteiger partial charge in [-0.25, -0.2) is 0 Å². The van der Waals surface area contributed by atoms with Crippen LogP contribution in [0.2, 0.25) is 0 Å². The fourth-order valence-electron chi connectivity index (χ4n) is 1.15. The maximum absolute atomic E-state index is 8.88. The molecule has 3 heteroatoms. The molecule has 0 heterocycles. The highest BCUT2D eigenvalue weighted by molar-refractivity contribution is 9.10. The van der Waals surface area contributed by atoms with E-state index in [1.165, 1.54) is 0 Å². The van der Waals surface area contributed by atoms with E-state index in [1.807, 2.05) is 32.0 Å². The van der Waals surface area contributed by atoms with Gasteiger partial charge in [-0.15, -0.1) is 0 Å². The Labute approximate surface area is 92.6 Å². The van der Waals surface area contributed by atoms with Crippen LogP contribution in [0.3, 0.4) is 0 Å². The highest BCUT2D eigenvalue weighted by Gasteiger charge is 2.10. The van der Waals surface area contributed by atoms with Crippen molar-refractivity contribution in [3.05, 3.63) is 33.8 Å². The third-order valence-corrected chi connectivity index (χ3v) is 2.80. The maximum atomic E-state index is 8.88. The molecule has 0 saturated carbocycles. The molecule has 74 valence electrons. The molecule has 0 spiro atoms. The lowest BCUT2D eigenvalue weighted by Gasteiger charge is -2.10. The Bertz CT molecular complexity index is 357. The molecule has 0 radical (unpaired) electrons. The molecule has 0 saturated heterocycles. The Morgan fingerprint density at radius 1 is 1.57 bits per heavy atom. The van der Waals surface area contributed by atoms with E-state index >= 15 is 0 Å². The van der Waals surface area contributed by atoms with E-state index in [-0.39, 0.29) is 0 Å². The van der Waals surface area contributed by atoms with Gasteiger partial charge in [0.05, 0.1) is 6.07 Å². The zero-order chi connectivity index (χ0) is 10.6. The SMILES string of the molecule is CCOC(C#N)c1ccc(C)c(Br)c1. The first-order valence-corrected chi connectivity index (χ1v) is 5.25. The molecule has 2 nitrogen and oxygen atoms in total. The number of halogens is 1. The topological polar surface area (TPSA) is 33.0 Å². The molecule has 0 amide bonds. The van der Waals surface area contributed by atoms with Crippen LogP contribution in [-0.4, -0.2) is 6.61 Å². The summed E-state index contributed by atoms with van der Waals surface area (Å²) in [6.45, 7) is 4.44. The molecule has 0 fully saturated rings. The number of hydrogen-bond donors (Lipinski definition) is 0. The lowest BCUT2D eigenvalue weighted by molar-refractivity contribution is 0.102. The number of aryl methyl sites for hydroxylation is 1. The average molecular weight is 254 g/mol. The van der Waals surface area contributed by atoms with E-state index in [0.29, 0.717) is 6.61 Å². The molecule has 0 aliphatic heterocycles. The Hall–Kier alpha value is -0.850. The molecule has 0 aromatic heterocycles. The maximum Gasteiger partial charge on any atom is 0.169 e. The van der Waals surface area contributed by atoms with Crippen molar-refractivity contribution in [2.75, 3.05) is 6.61 Å². The van der Waals surface area contributed by atoms with E-state index in [0.717, 1.165) is 15.6 Å². The lowest BCUT2D eigenvalue weighted by atomic mass is 10.1. The van der Waals surface area contributed by atoms with Gasteiger partial charge in [0, 0.05) is 11.1 Å². The van der Waals surface area contributed by atoms with Crippen molar-refractivity contribution in [2.45, 2.75) is 20.0 Å². The fraction of sp³-hybridized carbons (Fsp3) is 0.364. The zero-order valence-electron chi connectivity index (χ0n) is 8.25. The molecular formula is C11H12BrNO. The third kappa shape index (κ3) is 2.57. The smallest absolute Gasteiger partial charge is 0.169 e. The molecule has 1 aromatic rings. The summed E-state index contributed by atoms with van der Waals surface area (Å²) in [5.74, 6) is 0. The van der Waals surface area contributed by atoms with Gasteiger partial charge >= 0.3 is 0 Å². The van der Waals surface area contributed by atoms with Crippen LogP contribution in [0, 0.1) is 18.3 Å². The monoisotopic (exact) mass is 253 g/mol. The molecule has 0 aliphatic rings. The van der Waals surface area contributed by atoms with Crippen LogP contribution in [0.1, 0.15) is 24.2 Å². The van der Waals surface area contributed by atoms with E-state index in [9.17, 15) is 0 Å². The predicted molar refractivity (Wildman–Crippen MR) is 58.9 cm³/mol. The average Bonchev–Trinajstić information content (AvgIpc) is 2.19. The van der Waals surface area contributed by atoms with Gasteiger partial charge in [0.2, 0.25) is 0 Å². The van der Waals surface area contributed by atoms with Crippen molar-refractivity contribution in [1.82, 2.24) is 0 Å². The van der Waals surface area contributed by atoms with E-state index < -0.39 is 6.10 Å². The van der Waals surface area contributed by atoms with Crippen molar-refractivity contribution in [2.24, 2.45) is 0 Å². The van der Waals surface area contributed by atoms with Crippen LogP contribution in [0.4, 0.5) is 0 Å². The molecule has 0 N–H and O–H groups in total. The van der Waals surface area contributed by atoms with E-state index in [2.05, 4.69) is 22.0 Å². The van der Waals surface area contributed by atoms with E-state index in [4.69, 9.17) is 10.00 Å². The van der Waals surface area contributed by atoms with Crippen molar-refractivity contribution < 1.29 is 4.74 Å². The zero-order valence-corrected chi connectivity index (χ0v) is 9.84. The fourth-order valence-corrected chi connectivity index (χ4v) is 1.54. The van der Waals surface area contributed by atoms with Gasteiger partial charge in [0.25, 0.3) is 0 Å². The summed E-state index contributed by atoms with van der Waals surface area (Å²) in [5.41, 5.74) is 2.05. The molecule has 1 aromatic carbocycles. The highest BCUT2D eigenvalue weighted by atomic mass is 79.9. The normalized spacial score (nSPS) is 12.1. The Balaban J connectivity index is 2.95. The van der Waals surface area contributed by atoms with Gasteiger partial charge in [-0.1, -0.05) is 28.1 Å². The van der Waals surface area contributed by atoms with Crippen molar-refractivity contribution >= 4 is 15.9 Å². The van der Waals surface area contributed by atoms with Gasteiger partial charge in [0.1, 0.15) is 0 Å². The molecule has 0 bridgehead atoms. The van der Waals surface area contributed by atoms with Crippen LogP contribution in [0.5, 0.6) is 0 Å². The summed E-state index contributed by atoms with van der Waals surface area (Å²) >= 11 is 3.43. The van der Waals surface area contributed by atoms with Crippen molar-refractivity contribution in [3.8, 4) is 6.07 Å². The number of nitriles is 1.